The predicted molar refractivity (Wildman–Crippen MR) is 114 cm³/mol. The molecule has 28 heavy (non-hydrogen) atoms. The van der Waals surface area contributed by atoms with E-state index in [2.05, 4.69) is 16.0 Å². The van der Waals surface area contributed by atoms with Crippen LogP contribution in [0.5, 0.6) is 0 Å². The number of nitrogens with two attached hydrogens (primary N) is 1. The van der Waals surface area contributed by atoms with Gasteiger partial charge in [0.15, 0.2) is 5.96 Å². The molecule has 0 radical (unpaired) electrons. The first-order valence-electron chi connectivity index (χ1n) is 8.80. The Morgan fingerprint density at radius 2 is 1.43 bits per heavy atom. The Hall–Kier alpha value is -4.06. The Morgan fingerprint density at radius 3 is 2.11 bits per heavy atom. The third kappa shape index (κ3) is 3.43. The second-order valence-corrected chi connectivity index (χ2v) is 6.36. The molecule has 0 bridgehead atoms. The third-order valence-corrected chi connectivity index (χ3v) is 4.42. The summed E-state index contributed by atoms with van der Waals surface area (Å²) in [5, 5.41) is 16.4. The normalized spacial score (nSPS) is 14.1. The molecular weight excluding hydrogens is 350 g/mol. The van der Waals surface area contributed by atoms with Gasteiger partial charge in [-0.2, -0.15) is 0 Å². The van der Waals surface area contributed by atoms with Crippen LogP contribution < -0.4 is 21.7 Å². The molecule has 6 N–H and O–H groups in total. The number of hydrogen-bond donors (Lipinski definition) is 5. The van der Waals surface area contributed by atoms with Crippen molar-refractivity contribution in [1.82, 2.24) is 0 Å². The molecule has 0 saturated heterocycles. The molecule has 1 amide bonds. The highest BCUT2D eigenvalue weighted by Gasteiger charge is 2.27. The van der Waals surface area contributed by atoms with Crippen LogP contribution in [0.25, 0.3) is 11.3 Å². The van der Waals surface area contributed by atoms with Crippen LogP contribution in [0.1, 0.15) is 11.1 Å². The first-order valence-corrected chi connectivity index (χ1v) is 8.80. The lowest BCUT2D eigenvalue weighted by molar-refractivity contribution is -0.110. The number of amides is 1. The second kappa shape index (κ2) is 7.28. The van der Waals surface area contributed by atoms with Crippen LogP contribution in [0.15, 0.2) is 78.9 Å². The first-order chi connectivity index (χ1) is 13.6. The van der Waals surface area contributed by atoms with Gasteiger partial charge in [0.2, 0.25) is 0 Å². The Morgan fingerprint density at radius 1 is 0.821 bits per heavy atom. The van der Waals surface area contributed by atoms with Crippen molar-refractivity contribution in [1.29, 1.82) is 5.41 Å². The van der Waals surface area contributed by atoms with Crippen molar-refractivity contribution in [3.8, 4) is 0 Å². The van der Waals surface area contributed by atoms with Gasteiger partial charge in [-0.15, -0.1) is 0 Å². The number of anilines is 3. The summed E-state index contributed by atoms with van der Waals surface area (Å²) >= 11 is 0. The van der Waals surface area contributed by atoms with Crippen molar-refractivity contribution >= 4 is 40.2 Å². The minimum atomic E-state index is -0.137. The summed E-state index contributed by atoms with van der Waals surface area (Å²) < 4.78 is 0. The average molecular weight is 369 g/mol. The van der Waals surface area contributed by atoms with Crippen LogP contribution in [0.2, 0.25) is 0 Å². The number of guanidine groups is 1. The van der Waals surface area contributed by atoms with Crippen molar-refractivity contribution in [3.05, 3.63) is 90.0 Å². The minimum absolute atomic E-state index is 0.118. The molecule has 1 heterocycles. The Kier molecular flexibility index (Phi) is 4.51. The summed E-state index contributed by atoms with van der Waals surface area (Å²) in [7, 11) is 0. The number of para-hydroxylation sites is 1. The predicted octanol–water partition coefficient (Wildman–Crippen LogP) is 3.92. The summed E-state index contributed by atoms with van der Waals surface area (Å²) in [6, 6.07) is 24.8. The average Bonchev–Trinajstić information content (AvgIpc) is 3.03. The van der Waals surface area contributed by atoms with Crippen molar-refractivity contribution in [2.75, 3.05) is 16.0 Å². The van der Waals surface area contributed by atoms with Gasteiger partial charge < -0.3 is 21.7 Å². The molecule has 0 fully saturated rings. The highest BCUT2D eigenvalue weighted by molar-refractivity contribution is 6.37. The number of nitrogens with one attached hydrogen (secondary N) is 4. The van der Waals surface area contributed by atoms with Gasteiger partial charge in [-0.05, 0) is 35.9 Å². The molecule has 3 aromatic rings. The van der Waals surface area contributed by atoms with Gasteiger partial charge in [-0.3, -0.25) is 10.2 Å². The number of benzene rings is 3. The maximum atomic E-state index is 12.8. The van der Waals surface area contributed by atoms with Gasteiger partial charge in [-0.25, -0.2) is 0 Å². The van der Waals surface area contributed by atoms with Crippen molar-refractivity contribution in [3.63, 3.8) is 0 Å². The van der Waals surface area contributed by atoms with Gasteiger partial charge in [-0.1, -0.05) is 48.5 Å². The van der Waals surface area contributed by atoms with E-state index in [0.29, 0.717) is 5.57 Å². The smallest absolute Gasteiger partial charge is 0.258 e. The summed E-state index contributed by atoms with van der Waals surface area (Å²) in [6.45, 7) is 0. The van der Waals surface area contributed by atoms with E-state index in [1.165, 1.54) is 0 Å². The molecule has 0 aromatic heterocycles. The number of fused-ring (bicyclic) bond motifs is 1. The maximum absolute atomic E-state index is 12.8. The summed E-state index contributed by atoms with van der Waals surface area (Å²) in [4.78, 5) is 12.8. The van der Waals surface area contributed by atoms with Gasteiger partial charge in [0, 0.05) is 22.6 Å². The quantitative estimate of drug-likeness (QED) is 0.273. The van der Waals surface area contributed by atoms with Crippen molar-refractivity contribution < 1.29 is 4.79 Å². The van der Waals surface area contributed by atoms with E-state index in [1.54, 1.807) is 0 Å². The Bertz CT molecular complexity index is 1070. The van der Waals surface area contributed by atoms with Gasteiger partial charge >= 0.3 is 0 Å². The third-order valence-electron chi connectivity index (χ3n) is 4.42. The summed E-state index contributed by atoms with van der Waals surface area (Å²) in [5.74, 6) is -0.255. The van der Waals surface area contributed by atoms with Crippen LogP contribution in [0.3, 0.4) is 0 Å². The van der Waals surface area contributed by atoms with Crippen molar-refractivity contribution in [2.45, 2.75) is 0 Å². The van der Waals surface area contributed by atoms with Crippen LogP contribution >= 0.6 is 0 Å². The Balaban J connectivity index is 1.78. The van der Waals surface area contributed by atoms with Crippen molar-refractivity contribution in [2.24, 2.45) is 5.73 Å². The number of carbonyl (C=O) groups excluding carboxylic acids is 1. The fourth-order valence-corrected chi connectivity index (χ4v) is 3.19. The lowest BCUT2D eigenvalue weighted by atomic mass is 10.00. The zero-order valence-corrected chi connectivity index (χ0v) is 15.0. The summed E-state index contributed by atoms with van der Waals surface area (Å²) in [6.07, 6.45) is 0. The van der Waals surface area contributed by atoms with E-state index < -0.39 is 0 Å². The van der Waals surface area contributed by atoms with Gasteiger partial charge in [0.05, 0.1) is 11.3 Å². The highest BCUT2D eigenvalue weighted by atomic mass is 16.2. The largest absolute Gasteiger partial charge is 0.370 e. The zero-order valence-electron chi connectivity index (χ0n) is 15.0. The summed E-state index contributed by atoms with van der Waals surface area (Å²) in [5.41, 5.74) is 10.8. The SMILES string of the molecule is N=C(N)Nc1ccc(N/C(=C2\C(=O)Nc3ccccc32)c2ccccc2)cc1. The molecule has 138 valence electrons. The van der Waals surface area contributed by atoms with Crippen LogP contribution in [0.4, 0.5) is 17.1 Å². The maximum Gasteiger partial charge on any atom is 0.258 e. The van der Waals surface area contributed by atoms with Crippen LogP contribution in [-0.4, -0.2) is 11.9 Å². The molecule has 0 atom stereocenters. The Labute approximate surface area is 162 Å². The molecule has 0 spiro atoms. The van der Waals surface area contributed by atoms with Crippen LogP contribution in [0, 0.1) is 5.41 Å². The molecule has 0 aliphatic carbocycles. The lowest BCUT2D eigenvalue weighted by Crippen LogP contribution is -2.20. The minimum Gasteiger partial charge on any atom is -0.370 e. The number of carbonyl (C=O) groups is 1. The van der Waals surface area contributed by atoms with E-state index in [0.717, 1.165) is 33.9 Å². The fraction of sp³-hybridized carbons (Fsp3) is 0. The van der Waals surface area contributed by atoms with Gasteiger partial charge in [0.25, 0.3) is 5.91 Å². The van der Waals surface area contributed by atoms with E-state index in [-0.39, 0.29) is 11.9 Å². The van der Waals surface area contributed by atoms with E-state index in [1.807, 2.05) is 78.9 Å². The molecule has 1 aliphatic heterocycles. The molecule has 4 rings (SSSR count). The second-order valence-electron chi connectivity index (χ2n) is 6.36. The molecule has 6 heteroatoms. The molecular formula is C22H19N5O. The zero-order chi connectivity index (χ0) is 19.5. The monoisotopic (exact) mass is 369 g/mol. The highest BCUT2D eigenvalue weighted by Crippen LogP contribution is 2.37. The standard InChI is InChI=1S/C22H19N5O/c23-22(24)26-16-12-10-15(11-13-16)25-20(14-6-2-1-3-7-14)19-17-8-4-5-9-18(17)27-21(19)28/h1-13,25H,(H,27,28)(H4,23,24,26)/b20-19-. The number of rotatable bonds is 4. The molecule has 0 saturated carbocycles. The molecule has 0 unspecified atom stereocenters. The van der Waals surface area contributed by atoms with E-state index in [4.69, 9.17) is 11.1 Å². The van der Waals surface area contributed by atoms with E-state index in [9.17, 15) is 4.79 Å². The van der Waals surface area contributed by atoms with Gasteiger partial charge in [0.1, 0.15) is 0 Å². The topological polar surface area (TPSA) is 103 Å². The van der Waals surface area contributed by atoms with Crippen LogP contribution in [-0.2, 0) is 4.79 Å². The number of hydrogen-bond acceptors (Lipinski definition) is 3. The first kappa shape index (κ1) is 17.4. The molecule has 6 nitrogen and oxygen atoms in total. The lowest BCUT2D eigenvalue weighted by Gasteiger charge is -2.15. The van der Waals surface area contributed by atoms with E-state index >= 15 is 0 Å². The molecule has 1 aliphatic rings. The molecule has 3 aromatic carbocycles. The fourth-order valence-electron chi connectivity index (χ4n) is 3.19.